The SMILES string of the molecule is CCc1nc(NN)c(C)c(NCC2CCOC2)n1. The number of nitrogen functional groups attached to an aromatic ring is 1. The van der Waals surface area contributed by atoms with Crippen molar-refractivity contribution in [2.24, 2.45) is 11.8 Å². The molecule has 0 saturated carbocycles. The van der Waals surface area contributed by atoms with Gasteiger partial charge in [0.1, 0.15) is 17.5 Å². The summed E-state index contributed by atoms with van der Waals surface area (Å²) in [4.78, 5) is 8.84. The molecule has 1 aromatic rings. The standard InChI is InChI=1S/C12H21N5O/c1-3-10-15-11(8(2)12(16-10)17-13)14-6-9-4-5-18-7-9/h9H,3-7,13H2,1-2H3,(H2,14,15,16,17). The average molecular weight is 251 g/mol. The van der Waals surface area contributed by atoms with Gasteiger partial charge in [0.25, 0.3) is 0 Å². The Morgan fingerprint density at radius 2 is 2.17 bits per heavy atom. The summed E-state index contributed by atoms with van der Waals surface area (Å²) < 4.78 is 5.36. The fourth-order valence-corrected chi connectivity index (χ4v) is 2.02. The normalized spacial score (nSPS) is 18.9. The van der Waals surface area contributed by atoms with Crippen LogP contribution in [0.15, 0.2) is 0 Å². The van der Waals surface area contributed by atoms with Crippen LogP contribution in [0.1, 0.15) is 24.7 Å². The Balaban J connectivity index is 2.09. The Labute approximate surface area is 107 Å². The van der Waals surface area contributed by atoms with Crippen molar-refractivity contribution in [2.45, 2.75) is 26.7 Å². The summed E-state index contributed by atoms with van der Waals surface area (Å²) in [6.07, 6.45) is 1.90. The van der Waals surface area contributed by atoms with E-state index in [2.05, 4.69) is 20.7 Å². The van der Waals surface area contributed by atoms with E-state index in [4.69, 9.17) is 10.6 Å². The lowest BCUT2D eigenvalue weighted by molar-refractivity contribution is 0.187. The highest BCUT2D eigenvalue weighted by molar-refractivity contribution is 5.56. The minimum absolute atomic E-state index is 0.568. The van der Waals surface area contributed by atoms with Gasteiger partial charge in [-0.1, -0.05) is 6.92 Å². The fraction of sp³-hybridized carbons (Fsp3) is 0.667. The molecule has 1 atom stereocenters. The number of nitrogens with two attached hydrogens (primary N) is 1. The second-order valence-corrected chi connectivity index (χ2v) is 4.57. The summed E-state index contributed by atoms with van der Waals surface area (Å²) in [5, 5.41) is 3.38. The van der Waals surface area contributed by atoms with Crippen LogP contribution in [0.4, 0.5) is 11.6 Å². The third kappa shape index (κ3) is 2.88. The number of hydrogen-bond acceptors (Lipinski definition) is 6. The smallest absolute Gasteiger partial charge is 0.148 e. The van der Waals surface area contributed by atoms with Gasteiger partial charge in [-0.05, 0) is 13.3 Å². The minimum atomic E-state index is 0.568. The first-order valence-electron chi connectivity index (χ1n) is 6.40. The first-order valence-corrected chi connectivity index (χ1v) is 6.40. The van der Waals surface area contributed by atoms with E-state index in [0.29, 0.717) is 11.7 Å². The number of nitrogens with one attached hydrogen (secondary N) is 2. The highest BCUT2D eigenvalue weighted by atomic mass is 16.5. The van der Waals surface area contributed by atoms with Crippen LogP contribution in [0.3, 0.4) is 0 Å². The van der Waals surface area contributed by atoms with Crippen molar-refractivity contribution in [1.82, 2.24) is 9.97 Å². The van der Waals surface area contributed by atoms with Crippen molar-refractivity contribution < 1.29 is 4.74 Å². The zero-order chi connectivity index (χ0) is 13.0. The molecule has 0 aliphatic carbocycles. The molecule has 0 amide bonds. The second-order valence-electron chi connectivity index (χ2n) is 4.57. The number of hydrogen-bond donors (Lipinski definition) is 3. The molecule has 1 fully saturated rings. The van der Waals surface area contributed by atoms with Crippen LogP contribution < -0.4 is 16.6 Å². The predicted octanol–water partition coefficient (Wildman–Crippen LogP) is 1.08. The van der Waals surface area contributed by atoms with Gasteiger partial charge in [-0.25, -0.2) is 15.8 Å². The van der Waals surface area contributed by atoms with Gasteiger partial charge in [-0.15, -0.1) is 0 Å². The lowest BCUT2D eigenvalue weighted by Crippen LogP contribution is -2.18. The number of anilines is 2. The molecule has 100 valence electrons. The van der Waals surface area contributed by atoms with E-state index < -0.39 is 0 Å². The molecular weight excluding hydrogens is 230 g/mol. The van der Waals surface area contributed by atoms with E-state index in [1.54, 1.807) is 0 Å². The lowest BCUT2D eigenvalue weighted by Gasteiger charge is -2.15. The van der Waals surface area contributed by atoms with Crippen LogP contribution in [0.25, 0.3) is 0 Å². The molecule has 2 heterocycles. The van der Waals surface area contributed by atoms with E-state index >= 15 is 0 Å². The van der Waals surface area contributed by atoms with Crippen LogP contribution in [0.2, 0.25) is 0 Å². The monoisotopic (exact) mass is 251 g/mol. The van der Waals surface area contributed by atoms with Crippen molar-refractivity contribution in [3.8, 4) is 0 Å². The van der Waals surface area contributed by atoms with Gasteiger partial charge in [0.2, 0.25) is 0 Å². The molecule has 1 unspecified atom stereocenters. The molecule has 1 aliphatic heterocycles. The maximum absolute atomic E-state index is 5.47. The first-order chi connectivity index (χ1) is 8.74. The summed E-state index contributed by atoms with van der Waals surface area (Å²) in [5.41, 5.74) is 3.57. The molecule has 4 N–H and O–H groups in total. The van der Waals surface area contributed by atoms with Crippen molar-refractivity contribution >= 4 is 11.6 Å². The fourth-order valence-electron chi connectivity index (χ4n) is 2.02. The van der Waals surface area contributed by atoms with E-state index in [0.717, 1.165) is 49.8 Å². The molecule has 0 bridgehead atoms. The van der Waals surface area contributed by atoms with Crippen molar-refractivity contribution in [3.05, 3.63) is 11.4 Å². The quantitative estimate of drug-likeness (QED) is 0.536. The highest BCUT2D eigenvalue weighted by Gasteiger charge is 2.16. The summed E-state index contributed by atoms with van der Waals surface area (Å²) in [7, 11) is 0. The predicted molar refractivity (Wildman–Crippen MR) is 71.4 cm³/mol. The number of aryl methyl sites for hydroxylation is 1. The van der Waals surface area contributed by atoms with Gasteiger partial charge in [0, 0.05) is 31.1 Å². The molecule has 1 aliphatic rings. The van der Waals surface area contributed by atoms with E-state index in [1.165, 1.54) is 0 Å². The van der Waals surface area contributed by atoms with Crippen molar-refractivity contribution in [3.63, 3.8) is 0 Å². The summed E-state index contributed by atoms with van der Waals surface area (Å²) in [6.45, 7) is 6.57. The van der Waals surface area contributed by atoms with Gasteiger partial charge >= 0.3 is 0 Å². The van der Waals surface area contributed by atoms with Gasteiger partial charge in [0.05, 0.1) is 6.61 Å². The maximum Gasteiger partial charge on any atom is 0.148 e. The van der Waals surface area contributed by atoms with E-state index in [9.17, 15) is 0 Å². The van der Waals surface area contributed by atoms with E-state index in [1.807, 2.05) is 13.8 Å². The number of rotatable bonds is 5. The van der Waals surface area contributed by atoms with Crippen LogP contribution in [0.5, 0.6) is 0 Å². The number of aromatic nitrogens is 2. The van der Waals surface area contributed by atoms with Crippen LogP contribution >= 0.6 is 0 Å². The first kappa shape index (κ1) is 13.0. The minimum Gasteiger partial charge on any atom is -0.381 e. The molecule has 0 aromatic carbocycles. The third-order valence-electron chi connectivity index (χ3n) is 3.23. The summed E-state index contributed by atoms with van der Waals surface area (Å²) >= 11 is 0. The molecule has 1 saturated heterocycles. The van der Waals surface area contributed by atoms with Crippen LogP contribution in [0, 0.1) is 12.8 Å². The largest absolute Gasteiger partial charge is 0.381 e. The number of ether oxygens (including phenoxy) is 1. The maximum atomic E-state index is 5.47. The Morgan fingerprint density at radius 1 is 1.39 bits per heavy atom. The molecule has 18 heavy (non-hydrogen) atoms. The van der Waals surface area contributed by atoms with Crippen LogP contribution in [-0.4, -0.2) is 29.7 Å². The summed E-state index contributed by atoms with van der Waals surface area (Å²) in [5.74, 6) is 8.38. The van der Waals surface area contributed by atoms with Gasteiger partial charge in [-0.3, -0.25) is 0 Å². The molecule has 2 rings (SSSR count). The summed E-state index contributed by atoms with van der Waals surface area (Å²) in [6, 6.07) is 0. The van der Waals surface area contributed by atoms with Crippen molar-refractivity contribution in [2.75, 3.05) is 30.5 Å². The topological polar surface area (TPSA) is 85.1 Å². The Bertz CT molecular complexity index is 404. The van der Waals surface area contributed by atoms with Gasteiger partial charge in [-0.2, -0.15) is 0 Å². The molecule has 1 aromatic heterocycles. The Kier molecular flexibility index (Phi) is 4.33. The average Bonchev–Trinajstić information content (AvgIpc) is 2.90. The molecule has 0 radical (unpaired) electrons. The molecular formula is C12H21N5O. The third-order valence-corrected chi connectivity index (χ3v) is 3.23. The molecule has 6 heteroatoms. The zero-order valence-electron chi connectivity index (χ0n) is 11.0. The molecule has 6 nitrogen and oxygen atoms in total. The van der Waals surface area contributed by atoms with Crippen LogP contribution in [-0.2, 0) is 11.2 Å². The van der Waals surface area contributed by atoms with E-state index in [-0.39, 0.29) is 0 Å². The molecule has 0 spiro atoms. The van der Waals surface area contributed by atoms with Crippen molar-refractivity contribution in [1.29, 1.82) is 0 Å². The highest BCUT2D eigenvalue weighted by Crippen LogP contribution is 2.21. The Morgan fingerprint density at radius 3 is 2.78 bits per heavy atom. The number of hydrazine groups is 1. The number of nitrogens with zero attached hydrogens (tertiary/aromatic N) is 2. The van der Waals surface area contributed by atoms with Gasteiger partial charge in [0.15, 0.2) is 0 Å². The Hall–Kier alpha value is -1.40. The van der Waals surface area contributed by atoms with Gasteiger partial charge < -0.3 is 15.5 Å². The second kappa shape index (κ2) is 5.97. The zero-order valence-corrected chi connectivity index (χ0v) is 11.0. The lowest BCUT2D eigenvalue weighted by atomic mass is 10.1.